The van der Waals surface area contributed by atoms with E-state index in [1.165, 1.54) is 0 Å². The zero-order valence-electron chi connectivity index (χ0n) is 33.6. The van der Waals surface area contributed by atoms with Crippen LogP contribution in [-0.2, 0) is 0 Å². The summed E-state index contributed by atoms with van der Waals surface area (Å²) in [6.45, 7) is 0. The minimum atomic E-state index is 0.337. The Labute approximate surface area is 361 Å². The van der Waals surface area contributed by atoms with Gasteiger partial charge >= 0.3 is 0 Å². The first kappa shape index (κ1) is 36.1. The molecular formula is C54H33N9. The highest BCUT2D eigenvalue weighted by atomic mass is 15.5. The molecule has 0 N–H and O–H groups in total. The van der Waals surface area contributed by atoms with E-state index in [2.05, 4.69) is 72.8 Å². The van der Waals surface area contributed by atoms with Gasteiger partial charge < -0.3 is 0 Å². The third kappa shape index (κ3) is 6.61. The number of benzene rings is 9. The molecule has 0 unspecified atom stereocenters. The Bertz CT molecular complexity index is 3680. The van der Waals surface area contributed by atoms with Crippen LogP contribution in [0.5, 0.6) is 0 Å². The predicted octanol–water partition coefficient (Wildman–Crippen LogP) is 12.3. The van der Waals surface area contributed by atoms with Crippen LogP contribution in [0, 0.1) is 0 Å². The molecule has 0 bridgehead atoms. The predicted molar refractivity (Wildman–Crippen MR) is 251 cm³/mol. The topological polar surface area (TPSA) is 108 Å². The molecule has 9 nitrogen and oxygen atoms in total. The largest absolute Gasteiger partial charge is 0.208 e. The van der Waals surface area contributed by atoms with Crippen LogP contribution in [-0.4, -0.2) is 44.9 Å². The van der Waals surface area contributed by atoms with Crippen LogP contribution in [0.2, 0.25) is 0 Å². The Kier molecular flexibility index (Phi) is 8.60. The van der Waals surface area contributed by atoms with Gasteiger partial charge in [0.05, 0.1) is 5.69 Å². The van der Waals surface area contributed by atoms with E-state index in [1.807, 2.05) is 127 Å². The second-order valence-corrected chi connectivity index (χ2v) is 15.3. The minimum absolute atomic E-state index is 0.337. The van der Waals surface area contributed by atoms with Crippen LogP contribution in [0.3, 0.4) is 0 Å². The molecule has 0 spiro atoms. The van der Waals surface area contributed by atoms with Gasteiger partial charge in [-0.15, -0.1) is 10.2 Å². The van der Waals surface area contributed by atoms with Crippen molar-refractivity contribution in [1.29, 1.82) is 0 Å². The highest BCUT2D eigenvalue weighted by Crippen LogP contribution is 2.38. The summed E-state index contributed by atoms with van der Waals surface area (Å²) < 4.78 is 0. The molecule has 0 aliphatic rings. The highest BCUT2D eigenvalue weighted by Gasteiger charge is 2.20. The molecule has 12 aromatic rings. The van der Waals surface area contributed by atoms with E-state index >= 15 is 0 Å². The summed E-state index contributed by atoms with van der Waals surface area (Å²) in [4.78, 5) is 32.2. The van der Waals surface area contributed by atoms with E-state index in [0.717, 1.165) is 82.4 Å². The number of rotatable bonds is 7. The van der Waals surface area contributed by atoms with Crippen LogP contribution < -0.4 is 0 Å². The van der Waals surface area contributed by atoms with E-state index in [0.29, 0.717) is 34.9 Å². The normalized spacial score (nSPS) is 11.5. The third-order valence-corrected chi connectivity index (χ3v) is 11.4. The van der Waals surface area contributed by atoms with Crippen molar-refractivity contribution < 1.29 is 0 Å². The van der Waals surface area contributed by atoms with Crippen LogP contribution in [0.4, 0.5) is 0 Å². The molecule has 12 rings (SSSR count). The summed E-state index contributed by atoms with van der Waals surface area (Å²) >= 11 is 0. The van der Waals surface area contributed by atoms with Crippen molar-refractivity contribution in [2.45, 2.75) is 0 Å². The van der Waals surface area contributed by atoms with Crippen molar-refractivity contribution in [2.24, 2.45) is 0 Å². The van der Waals surface area contributed by atoms with Crippen molar-refractivity contribution in [3.63, 3.8) is 0 Å². The summed E-state index contributed by atoms with van der Waals surface area (Å²) in [7, 11) is 0. The van der Waals surface area contributed by atoms with Crippen molar-refractivity contribution in [2.75, 3.05) is 0 Å². The van der Waals surface area contributed by atoms with Gasteiger partial charge in [-0.3, -0.25) is 0 Å². The van der Waals surface area contributed by atoms with Crippen molar-refractivity contribution in [3.05, 3.63) is 200 Å². The van der Waals surface area contributed by atoms with Gasteiger partial charge in [-0.25, -0.2) is 29.9 Å². The van der Waals surface area contributed by atoms with Crippen LogP contribution in [0.25, 0.3) is 117 Å². The fraction of sp³-hybridized carbons (Fsp3) is 0. The Balaban J connectivity index is 1.04. The van der Waals surface area contributed by atoms with Crippen LogP contribution >= 0.6 is 0 Å². The molecule has 0 fully saturated rings. The molecule has 0 saturated carbocycles. The molecule has 0 aliphatic heterocycles. The smallest absolute Gasteiger partial charge is 0.202 e. The van der Waals surface area contributed by atoms with E-state index < -0.39 is 0 Å². The maximum absolute atomic E-state index is 5.19. The number of aromatic nitrogens is 9. The second kappa shape index (κ2) is 15.0. The Hall–Kier alpha value is -8.82. The van der Waals surface area contributed by atoms with Gasteiger partial charge in [-0.2, -0.15) is 4.80 Å². The van der Waals surface area contributed by atoms with Gasteiger partial charge in [0.1, 0.15) is 11.0 Å². The van der Waals surface area contributed by atoms with E-state index in [9.17, 15) is 0 Å². The molecule has 9 aromatic carbocycles. The van der Waals surface area contributed by atoms with Gasteiger partial charge in [0.2, 0.25) is 11.6 Å². The van der Waals surface area contributed by atoms with Crippen LogP contribution in [0.1, 0.15) is 0 Å². The fourth-order valence-electron chi connectivity index (χ4n) is 8.25. The summed E-state index contributed by atoms with van der Waals surface area (Å²) in [5.41, 5.74) is 7.95. The van der Waals surface area contributed by atoms with Crippen molar-refractivity contribution >= 4 is 43.4 Å². The lowest BCUT2D eigenvalue weighted by Gasteiger charge is -2.13. The SMILES string of the molecule is c1ccc(-c2nc(-c3ccc4ccccc4c3)nc(-c3nc(-c4ccccc4)nc(-c4ccccc4-c4ccc5ccc6ccc7nn(-c8ccccc8)nc7c6c5c4)n3)n2)cc1. The van der Waals surface area contributed by atoms with Crippen LogP contribution in [0.15, 0.2) is 200 Å². The van der Waals surface area contributed by atoms with Crippen molar-refractivity contribution in [3.8, 4) is 74.0 Å². The lowest BCUT2D eigenvalue weighted by molar-refractivity contribution is 0.766. The fourth-order valence-corrected chi connectivity index (χ4v) is 8.25. The molecule has 0 saturated heterocycles. The molecule has 294 valence electrons. The summed E-state index contributed by atoms with van der Waals surface area (Å²) in [6.07, 6.45) is 0. The maximum Gasteiger partial charge on any atom is 0.202 e. The molecule has 0 atom stereocenters. The monoisotopic (exact) mass is 807 g/mol. The van der Waals surface area contributed by atoms with Crippen molar-refractivity contribution in [1.82, 2.24) is 44.9 Å². The maximum atomic E-state index is 5.19. The quantitative estimate of drug-likeness (QED) is 0.146. The third-order valence-electron chi connectivity index (χ3n) is 11.4. The summed E-state index contributed by atoms with van der Waals surface area (Å²) in [6, 6.07) is 67.7. The Morgan fingerprint density at radius 3 is 1.54 bits per heavy atom. The van der Waals surface area contributed by atoms with E-state index in [1.54, 1.807) is 4.80 Å². The Morgan fingerprint density at radius 2 is 0.810 bits per heavy atom. The minimum Gasteiger partial charge on any atom is -0.208 e. The first-order valence-electron chi connectivity index (χ1n) is 20.7. The number of hydrogen-bond donors (Lipinski definition) is 0. The van der Waals surface area contributed by atoms with Gasteiger partial charge in [-0.05, 0) is 68.4 Å². The molecular weight excluding hydrogens is 775 g/mol. The lowest BCUT2D eigenvalue weighted by atomic mass is 9.94. The molecule has 63 heavy (non-hydrogen) atoms. The average Bonchev–Trinajstić information content (AvgIpc) is 3.81. The number of fused-ring (bicyclic) bond motifs is 6. The van der Waals surface area contributed by atoms with E-state index in [-0.39, 0.29) is 0 Å². The second-order valence-electron chi connectivity index (χ2n) is 15.3. The number of nitrogens with zero attached hydrogens (tertiary/aromatic N) is 9. The molecule has 0 radical (unpaired) electrons. The molecule has 9 heteroatoms. The van der Waals surface area contributed by atoms with Gasteiger partial charge in [0.25, 0.3) is 0 Å². The summed E-state index contributed by atoms with van der Waals surface area (Å²) in [5.74, 6) is 2.73. The lowest BCUT2D eigenvalue weighted by Crippen LogP contribution is -2.06. The standard InChI is InChI=1S/C54H33N9/c1-4-15-37(16-5-1)49-55-51(41-29-24-34-14-10-11-19-39(34)32-41)59-53(57-49)54-58-50(38-17-6-2-7-18-38)56-52(60-54)44-23-13-12-22-43(44)40-28-26-35-25-27-36-30-31-46-48(47(36)45(35)33-40)62-63(61-46)42-20-8-3-9-21-42/h1-33H. The molecule has 0 aliphatic carbocycles. The van der Waals surface area contributed by atoms with Gasteiger partial charge in [0.15, 0.2) is 23.3 Å². The van der Waals surface area contributed by atoms with Gasteiger partial charge in [0, 0.05) is 27.6 Å². The zero-order chi connectivity index (χ0) is 41.7. The first-order valence-corrected chi connectivity index (χ1v) is 20.7. The summed E-state index contributed by atoms with van der Waals surface area (Å²) in [5, 5.41) is 16.4. The Morgan fingerprint density at radius 1 is 0.302 bits per heavy atom. The van der Waals surface area contributed by atoms with E-state index in [4.69, 9.17) is 40.1 Å². The first-order chi connectivity index (χ1) is 31.2. The molecule has 0 amide bonds. The number of para-hydroxylation sites is 1. The zero-order valence-corrected chi connectivity index (χ0v) is 33.6. The molecule has 3 aromatic heterocycles. The highest BCUT2D eigenvalue weighted by molar-refractivity contribution is 6.19. The number of hydrogen-bond acceptors (Lipinski definition) is 8. The average molecular weight is 808 g/mol. The van der Waals surface area contributed by atoms with Gasteiger partial charge in [-0.1, -0.05) is 170 Å². The molecule has 3 heterocycles.